The van der Waals surface area contributed by atoms with Crippen molar-refractivity contribution in [3.63, 3.8) is 0 Å². The van der Waals surface area contributed by atoms with Crippen LogP contribution in [0.15, 0.2) is 42.5 Å². The molecule has 0 saturated carbocycles. The van der Waals surface area contributed by atoms with Crippen molar-refractivity contribution in [1.82, 2.24) is 0 Å². The molecular formula is C22H22F2N2O4. The summed E-state index contributed by atoms with van der Waals surface area (Å²) in [6.45, 7) is 3.50. The number of amides is 2. The van der Waals surface area contributed by atoms with Crippen molar-refractivity contribution in [2.45, 2.75) is 32.8 Å². The molecule has 0 aliphatic carbocycles. The molecular weight excluding hydrogens is 394 g/mol. The third-order valence-electron chi connectivity index (χ3n) is 4.96. The highest BCUT2D eigenvalue weighted by molar-refractivity contribution is 6.00. The Labute approximate surface area is 172 Å². The van der Waals surface area contributed by atoms with E-state index >= 15 is 0 Å². The number of carbonyl (C=O) groups excluding carboxylic acids is 3. The topological polar surface area (TPSA) is 75.7 Å². The molecule has 0 aromatic heterocycles. The second-order valence-corrected chi connectivity index (χ2v) is 7.12. The van der Waals surface area contributed by atoms with Crippen molar-refractivity contribution in [2.24, 2.45) is 5.92 Å². The van der Waals surface area contributed by atoms with Gasteiger partial charge in [-0.2, -0.15) is 0 Å². The summed E-state index contributed by atoms with van der Waals surface area (Å²) in [5, 5.41) is 2.19. The Hall–Kier alpha value is -3.29. The quantitative estimate of drug-likeness (QED) is 0.732. The van der Waals surface area contributed by atoms with Gasteiger partial charge in [0.25, 0.3) is 5.91 Å². The number of nitrogens with one attached hydrogen (secondary N) is 1. The monoisotopic (exact) mass is 416 g/mol. The summed E-state index contributed by atoms with van der Waals surface area (Å²) in [7, 11) is 0. The fourth-order valence-electron chi connectivity index (χ4n) is 3.18. The number of hydrogen-bond donors (Lipinski definition) is 1. The van der Waals surface area contributed by atoms with Gasteiger partial charge in [-0.3, -0.25) is 14.4 Å². The van der Waals surface area contributed by atoms with Gasteiger partial charge in [-0.15, -0.1) is 0 Å². The zero-order valence-electron chi connectivity index (χ0n) is 16.7. The van der Waals surface area contributed by atoms with Crippen molar-refractivity contribution < 1.29 is 27.9 Å². The molecule has 30 heavy (non-hydrogen) atoms. The molecule has 8 heteroatoms. The fourth-order valence-corrected chi connectivity index (χ4v) is 3.18. The smallest absolute Gasteiger partial charge is 0.312 e. The Bertz CT molecular complexity index is 962. The van der Waals surface area contributed by atoms with Gasteiger partial charge in [0, 0.05) is 24.7 Å². The molecule has 1 heterocycles. The molecule has 1 aliphatic heterocycles. The highest BCUT2D eigenvalue weighted by Crippen LogP contribution is 2.26. The highest BCUT2D eigenvalue weighted by atomic mass is 19.1. The summed E-state index contributed by atoms with van der Waals surface area (Å²) in [6.07, 6.45) is -0.391. The molecule has 1 fully saturated rings. The summed E-state index contributed by atoms with van der Waals surface area (Å²) in [5.41, 5.74) is 1.48. The molecule has 1 N–H and O–H groups in total. The van der Waals surface area contributed by atoms with Crippen LogP contribution in [0.3, 0.4) is 0 Å². The number of esters is 1. The molecule has 0 spiro atoms. The van der Waals surface area contributed by atoms with E-state index in [0.717, 1.165) is 30.2 Å². The van der Waals surface area contributed by atoms with E-state index in [2.05, 4.69) is 5.32 Å². The first-order chi connectivity index (χ1) is 14.3. The Morgan fingerprint density at radius 2 is 1.90 bits per heavy atom. The van der Waals surface area contributed by atoms with Crippen LogP contribution in [-0.2, 0) is 25.5 Å². The lowest BCUT2D eigenvalue weighted by Gasteiger charge is -2.18. The van der Waals surface area contributed by atoms with E-state index in [1.165, 1.54) is 11.8 Å². The molecule has 0 radical (unpaired) electrons. The van der Waals surface area contributed by atoms with Crippen LogP contribution in [-0.4, -0.2) is 30.4 Å². The first kappa shape index (κ1) is 21.4. The van der Waals surface area contributed by atoms with Crippen LogP contribution in [0.2, 0.25) is 0 Å². The average Bonchev–Trinajstić information content (AvgIpc) is 3.12. The van der Waals surface area contributed by atoms with E-state index in [-0.39, 0.29) is 24.6 Å². The molecule has 2 amide bonds. The van der Waals surface area contributed by atoms with Gasteiger partial charge in [0.1, 0.15) is 11.6 Å². The van der Waals surface area contributed by atoms with Gasteiger partial charge in [-0.1, -0.05) is 19.1 Å². The second kappa shape index (κ2) is 9.02. The minimum absolute atomic E-state index is 0.0266. The zero-order chi connectivity index (χ0) is 21.8. The number of rotatable bonds is 6. The van der Waals surface area contributed by atoms with E-state index in [1.54, 1.807) is 0 Å². The number of nitrogens with zero attached hydrogens (tertiary/aromatic N) is 1. The third-order valence-corrected chi connectivity index (χ3v) is 4.96. The summed E-state index contributed by atoms with van der Waals surface area (Å²) in [5.74, 6) is -3.95. The predicted octanol–water partition coefficient (Wildman–Crippen LogP) is 3.45. The first-order valence-corrected chi connectivity index (χ1v) is 9.64. The standard InChI is InChI=1S/C22H22F2N2O4/c1-3-14-4-7-17(8-5-14)26-12-15(10-20(26)27)22(29)30-13(2)21(28)25-19-11-16(23)6-9-18(19)24/h4-9,11,13,15H,3,10,12H2,1-2H3,(H,25,28)/t13-,15-/m0/s1. The van der Waals surface area contributed by atoms with Crippen LogP contribution in [0.4, 0.5) is 20.2 Å². The van der Waals surface area contributed by atoms with Gasteiger partial charge in [-0.05, 0) is 43.2 Å². The molecule has 0 bridgehead atoms. The van der Waals surface area contributed by atoms with Gasteiger partial charge in [0.2, 0.25) is 5.91 Å². The first-order valence-electron chi connectivity index (χ1n) is 9.64. The maximum Gasteiger partial charge on any atom is 0.312 e. The molecule has 3 rings (SSSR count). The lowest BCUT2D eigenvalue weighted by atomic mass is 10.1. The Morgan fingerprint density at radius 3 is 2.57 bits per heavy atom. The average molecular weight is 416 g/mol. The fraction of sp³-hybridized carbons (Fsp3) is 0.318. The lowest BCUT2D eigenvalue weighted by molar-refractivity contribution is -0.157. The van der Waals surface area contributed by atoms with Crippen LogP contribution in [0.25, 0.3) is 0 Å². The van der Waals surface area contributed by atoms with E-state index in [0.29, 0.717) is 5.69 Å². The molecule has 0 unspecified atom stereocenters. The van der Waals surface area contributed by atoms with Gasteiger partial charge in [0.05, 0.1) is 11.6 Å². The van der Waals surface area contributed by atoms with E-state index in [1.807, 2.05) is 31.2 Å². The molecule has 6 nitrogen and oxygen atoms in total. The van der Waals surface area contributed by atoms with Crippen LogP contribution < -0.4 is 10.2 Å². The molecule has 1 aliphatic rings. The summed E-state index contributed by atoms with van der Waals surface area (Å²) < 4.78 is 32.1. The van der Waals surface area contributed by atoms with Crippen LogP contribution in [0.1, 0.15) is 25.8 Å². The Kier molecular flexibility index (Phi) is 6.44. The number of benzene rings is 2. The number of hydrogen-bond acceptors (Lipinski definition) is 4. The maximum absolute atomic E-state index is 13.7. The number of carbonyl (C=O) groups is 3. The van der Waals surface area contributed by atoms with E-state index < -0.39 is 35.5 Å². The number of aryl methyl sites for hydroxylation is 1. The maximum atomic E-state index is 13.7. The van der Waals surface area contributed by atoms with Crippen molar-refractivity contribution in [3.8, 4) is 0 Å². The molecule has 2 atom stereocenters. The molecule has 2 aromatic rings. The summed E-state index contributed by atoms with van der Waals surface area (Å²) in [6, 6.07) is 10.1. The van der Waals surface area contributed by atoms with Crippen molar-refractivity contribution >= 4 is 29.2 Å². The minimum atomic E-state index is -1.24. The van der Waals surface area contributed by atoms with Crippen LogP contribution >= 0.6 is 0 Å². The molecule has 1 saturated heterocycles. The van der Waals surface area contributed by atoms with Crippen LogP contribution in [0, 0.1) is 17.6 Å². The van der Waals surface area contributed by atoms with Crippen molar-refractivity contribution in [2.75, 3.05) is 16.8 Å². The van der Waals surface area contributed by atoms with Gasteiger partial charge in [0.15, 0.2) is 6.10 Å². The largest absolute Gasteiger partial charge is 0.452 e. The number of anilines is 2. The zero-order valence-corrected chi connectivity index (χ0v) is 16.7. The lowest BCUT2D eigenvalue weighted by Crippen LogP contribution is -2.33. The minimum Gasteiger partial charge on any atom is -0.452 e. The Balaban J connectivity index is 1.59. The number of ether oxygens (including phenoxy) is 1. The van der Waals surface area contributed by atoms with Gasteiger partial charge >= 0.3 is 5.97 Å². The summed E-state index contributed by atoms with van der Waals surface area (Å²) in [4.78, 5) is 38.5. The van der Waals surface area contributed by atoms with E-state index in [4.69, 9.17) is 4.74 Å². The van der Waals surface area contributed by atoms with Gasteiger partial charge in [-0.25, -0.2) is 8.78 Å². The predicted molar refractivity (Wildman–Crippen MR) is 107 cm³/mol. The van der Waals surface area contributed by atoms with Crippen molar-refractivity contribution in [1.29, 1.82) is 0 Å². The normalized spacial score (nSPS) is 17.0. The third kappa shape index (κ3) is 4.82. The van der Waals surface area contributed by atoms with Crippen molar-refractivity contribution in [3.05, 3.63) is 59.7 Å². The number of halogens is 2. The molecule has 158 valence electrons. The molecule has 2 aromatic carbocycles. The SMILES string of the molecule is CCc1ccc(N2C[C@@H](C(=O)O[C@@H](C)C(=O)Nc3cc(F)ccc3F)CC2=O)cc1. The highest BCUT2D eigenvalue weighted by Gasteiger charge is 2.37. The Morgan fingerprint density at radius 1 is 1.20 bits per heavy atom. The van der Waals surface area contributed by atoms with E-state index in [9.17, 15) is 23.2 Å². The van der Waals surface area contributed by atoms with Crippen LogP contribution in [0.5, 0.6) is 0 Å². The van der Waals surface area contributed by atoms with Gasteiger partial charge < -0.3 is 15.0 Å². The second-order valence-electron chi connectivity index (χ2n) is 7.12. The summed E-state index contributed by atoms with van der Waals surface area (Å²) >= 11 is 0.